The number of rotatable bonds is 2. The monoisotopic (exact) mass is 289 g/mol. The van der Waals surface area contributed by atoms with Gasteiger partial charge in [-0.25, -0.2) is 9.97 Å². The number of nitrogens with zero attached hydrogens (tertiary/aromatic N) is 2. The van der Waals surface area contributed by atoms with Gasteiger partial charge in [-0.05, 0) is 12.1 Å². The zero-order chi connectivity index (χ0) is 14.0. The van der Waals surface area contributed by atoms with Crippen molar-refractivity contribution >= 4 is 17.4 Å². The van der Waals surface area contributed by atoms with Gasteiger partial charge in [0.2, 0.25) is 0 Å². The summed E-state index contributed by atoms with van der Waals surface area (Å²) in [5, 5.41) is 0.101. The minimum atomic E-state index is -4.75. The molecule has 0 atom stereocenters. The quantitative estimate of drug-likeness (QED) is 0.921. The van der Waals surface area contributed by atoms with Gasteiger partial charge in [-0.1, -0.05) is 23.7 Å². The van der Waals surface area contributed by atoms with Crippen LogP contribution in [0.3, 0.4) is 0 Å². The summed E-state index contributed by atoms with van der Waals surface area (Å²) in [7, 11) is 0. The van der Waals surface area contributed by atoms with Gasteiger partial charge in [-0.2, -0.15) is 0 Å². The molecule has 0 amide bonds. The van der Waals surface area contributed by atoms with E-state index >= 15 is 0 Å². The van der Waals surface area contributed by atoms with Crippen LogP contribution in [0.5, 0.6) is 5.75 Å². The van der Waals surface area contributed by atoms with E-state index < -0.39 is 6.36 Å². The maximum atomic E-state index is 12.1. The molecule has 0 aliphatic carbocycles. The van der Waals surface area contributed by atoms with Crippen LogP contribution >= 0.6 is 11.6 Å². The standard InChI is InChI=1S/C11H7ClF3N3O/c12-8-5-17-9(10(16)18-8)6-2-1-3-7(4-6)19-11(13,14)15/h1-5H,(H2,16,18). The first-order chi connectivity index (χ1) is 8.85. The van der Waals surface area contributed by atoms with E-state index in [0.717, 1.165) is 0 Å². The molecule has 4 nitrogen and oxygen atoms in total. The Morgan fingerprint density at radius 3 is 2.63 bits per heavy atom. The molecule has 2 N–H and O–H groups in total. The first-order valence-corrected chi connectivity index (χ1v) is 5.37. The minimum absolute atomic E-state index is 0.0247. The van der Waals surface area contributed by atoms with Crippen LogP contribution in [0, 0.1) is 0 Å². The number of alkyl halides is 3. The molecule has 0 aliphatic heterocycles. The number of anilines is 1. The lowest BCUT2D eigenvalue weighted by Crippen LogP contribution is -2.17. The molecule has 1 heterocycles. The van der Waals surface area contributed by atoms with Crippen LogP contribution in [0.25, 0.3) is 11.3 Å². The van der Waals surface area contributed by atoms with E-state index in [0.29, 0.717) is 5.56 Å². The van der Waals surface area contributed by atoms with Crippen LogP contribution < -0.4 is 10.5 Å². The van der Waals surface area contributed by atoms with Crippen molar-refractivity contribution in [2.24, 2.45) is 0 Å². The van der Waals surface area contributed by atoms with Crippen LogP contribution in [0.15, 0.2) is 30.5 Å². The van der Waals surface area contributed by atoms with Gasteiger partial charge in [0.1, 0.15) is 16.6 Å². The predicted octanol–water partition coefficient (Wildman–Crippen LogP) is 3.28. The molecular formula is C11H7ClF3N3O. The fourth-order valence-electron chi connectivity index (χ4n) is 1.44. The third-order valence-electron chi connectivity index (χ3n) is 2.11. The third-order valence-corrected chi connectivity index (χ3v) is 2.29. The highest BCUT2D eigenvalue weighted by Crippen LogP contribution is 2.29. The summed E-state index contributed by atoms with van der Waals surface area (Å²) >= 11 is 5.60. The van der Waals surface area contributed by atoms with E-state index in [2.05, 4.69) is 14.7 Å². The molecule has 2 aromatic rings. The zero-order valence-corrected chi connectivity index (χ0v) is 10.0. The Labute approximate surface area is 111 Å². The Kier molecular flexibility index (Phi) is 3.48. The summed E-state index contributed by atoms with van der Waals surface area (Å²) in [5.41, 5.74) is 6.19. The molecule has 0 aliphatic rings. The smallest absolute Gasteiger partial charge is 0.406 e. The fraction of sp³-hybridized carbons (Fsp3) is 0.0909. The fourth-order valence-corrected chi connectivity index (χ4v) is 1.58. The Bertz CT molecular complexity index is 604. The molecule has 0 radical (unpaired) electrons. The highest BCUT2D eigenvalue weighted by molar-refractivity contribution is 6.29. The number of hydrogen-bond donors (Lipinski definition) is 1. The summed E-state index contributed by atoms with van der Waals surface area (Å²) in [4.78, 5) is 7.70. The van der Waals surface area contributed by atoms with Crippen molar-refractivity contribution < 1.29 is 17.9 Å². The number of nitrogens with two attached hydrogens (primary N) is 1. The number of aromatic nitrogens is 2. The Morgan fingerprint density at radius 1 is 1.26 bits per heavy atom. The molecule has 0 fully saturated rings. The molecule has 0 saturated heterocycles. The van der Waals surface area contributed by atoms with E-state index in [1.807, 2.05) is 0 Å². The Morgan fingerprint density at radius 2 is 2.00 bits per heavy atom. The van der Waals surface area contributed by atoms with Crippen LogP contribution in [0.1, 0.15) is 0 Å². The molecule has 100 valence electrons. The molecule has 0 saturated carbocycles. The van der Waals surface area contributed by atoms with E-state index in [9.17, 15) is 13.2 Å². The maximum Gasteiger partial charge on any atom is 0.573 e. The summed E-state index contributed by atoms with van der Waals surface area (Å²) in [6, 6.07) is 5.28. The van der Waals surface area contributed by atoms with Crippen molar-refractivity contribution in [2.45, 2.75) is 6.36 Å². The van der Waals surface area contributed by atoms with E-state index in [1.54, 1.807) is 0 Å². The van der Waals surface area contributed by atoms with Crippen LogP contribution in [-0.2, 0) is 0 Å². The number of hydrogen-bond acceptors (Lipinski definition) is 4. The van der Waals surface area contributed by atoms with Gasteiger partial charge in [0.05, 0.1) is 6.20 Å². The van der Waals surface area contributed by atoms with Crippen LogP contribution in [-0.4, -0.2) is 16.3 Å². The molecule has 1 aromatic heterocycles. The second-order valence-electron chi connectivity index (χ2n) is 3.50. The average Bonchev–Trinajstić information content (AvgIpc) is 2.26. The van der Waals surface area contributed by atoms with Crippen LogP contribution in [0.2, 0.25) is 5.15 Å². The van der Waals surface area contributed by atoms with Crippen molar-refractivity contribution in [2.75, 3.05) is 5.73 Å². The third kappa shape index (κ3) is 3.47. The summed E-state index contributed by atoms with van der Waals surface area (Å²) in [6.45, 7) is 0. The molecule has 1 aromatic carbocycles. The highest BCUT2D eigenvalue weighted by Gasteiger charge is 2.31. The Hall–Kier alpha value is -2.02. The largest absolute Gasteiger partial charge is 0.573 e. The predicted molar refractivity (Wildman–Crippen MR) is 63.6 cm³/mol. The lowest BCUT2D eigenvalue weighted by molar-refractivity contribution is -0.274. The maximum absolute atomic E-state index is 12.1. The molecular weight excluding hydrogens is 283 g/mol. The summed E-state index contributed by atoms with van der Waals surface area (Å²) in [5.74, 6) is -0.335. The van der Waals surface area contributed by atoms with Crippen molar-refractivity contribution in [3.63, 3.8) is 0 Å². The summed E-state index contributed by atoms with van der Waals surface area (Å²) < 4.78 is 40.2. The highest BCUT2D eigenvalue weighted by atomic mass is 35.5. The second kappa shape index (κ2) is 4.93. The average molecular weight is 290 g/mol. The first-order valence-electron chi connectivity index (χ1n) is 4.99. The van der Waals surface area contributed by atoms with Gasteiger partial charge in [-0.3, -0.25) is 0 Å². The van der Waals surface area contributed by atoms with E-state index in [-0.39, 0.29) is 22.4 Å². The molecule has 8 heteroatoms. The lowest BCUT2D eigenvalue weighted by atomic mass is 10.1. The number of halogens is 4. The lowest BCUT2D eigenvalue weighted by Gasteiger charge is -2.10. The summed E-state index contributed by atoms with van der Waals surface area (Å²) in [6.07, 6.45) is -3.50. The SMILES string of the molecule is Nc1nc(Cl)cnc1-c1cccc(OC(F)(F)F)c1. The van der Waals surface area contributed by atoms with Crippen molar-refractivity contribution in [1.82, 2.24) is 9.97 Å². The normalized spacial score (nSPS) is 11.4. The van der Waals surface area contributed by atoms with E-state index in [4.69, 9.17) is 17.3 Å². The number of benzene rings is 1. The minimum Gasteiger partial charge on any atom is -0.406 e. The topological polar surface area (TPSA) is 61.0 Å². The van der Waals surface area contributed by atoms with Gasteiger partial charge in [0, 0.05) is 5.56 Å². The Balaban J connectivity index is 2.38. The second-order valence-corrected chi connectivity index (χ2v) is 3.89. The van der Waals surface area contributed by atoms with Gasteiger partial charge in [0.15, 0.2) is 5.82 Å². The van der Waals surface area contributed by atoms with Gasteiger partial charge in [0.25, 0.3) is 0 Å². The molecule has 0 bridgehead atoms. The van der Waals surface area contributed by atoms with Crippen molar-refractivity contribution in [1.29, 1.82) is 0 Å². The van der Waals surface area contributed by atoms with Gasteiger partial charge < -0.3 is 10.5 Å². The number of ether oxygens (including phenoxy) is 1. The van der Waals surface area contributed by atoms with Crippen molar-refractivity contribution in [3.8, 4) is 17.0 Å². The molecule has 0 spiro atoms. The zero-order valence-electron chi connectivity index (χ0n) is 9.28. The van der Waals surface area contributed by atoms with Gasteiger partial charge in [-0.15, -0.1) is 13.2 Å². The van der Waals surface area contributed by atoms with Crippen molar-refractivity contribution in [3.05, 3.63) is 35.6 Å². The number of nitrogen functional groups attached to an aromatic ring is 1. The molecule has 19 heavy (non-hydrogen) atoms. The first kappa shape index (κ1) is 13.4. The molecule has 0 unspecified atom stereocenters. The van der Waals surface area contributed by atoms with Crippen LogP contribution in [0.4, 0.5) is 19.0 Å². The van der Waals surface area contributed by atoms with E-state index in [1.165, 1.54) is 30.5 Å². The van der Waals surface area contributed by atoms with Gasteiger partial charge >= 0.3 is 6.36 Å². The molecule has 2 rings (SSSR count).